The zero-order valence-corrected chi connectivity index (χ0v) is 12.7. The molecule has 0 radical (unpaired) electrons. The molecule has 1 aromatic carbocycles. The summed E-state index contributed by atoms with van der Waals surface area (Å²) in [5, 5.41) is 9.44. The topological polar surface area (TPSA) is 55.8 Å². The van der Waals surface area contributed by atoms with Crippen molar-refractivity contribution in [3.05, 3.63) is 22.7 Å². The largest absolute Gasteiger partial charge is 0.489 e. The lowest BCUT2D eigenvalue weighted by atomic mass is 9.97. The second-order valence-corrected chi connectivity index (χ2v) is 6.50. The van der Waals surface area contributed by atoms with Crippen molar-refractivity contribution < 1.29 is 19.4 Å². The average molecular weight is 299 g/mol. The SMILES string of the molecule is CC(Cc1cc(Cl)c2c(c1)OCC(C)(C)CO2)C(=O)O. The number of carboxylic acids is 1. The Kier molecular flexibility index (Phi) is 4.14. The molecule has 1 aromatic rings. The summed E-state index contributed by atoms with van der Waals surface area (Å²) in [5.74, 6) is -0.152. The van der Waals surface area contributed by atoms with Crippen molar-refractivity contribution in [2.45, 2.75) is 27.2 Å². The summed E-state index contributed by atoms with van der Waals surface area (Å²) in [6.07, 6.45) is 0.412. The van der Waals surface area contributed by atoms with E-state index in [1.165, 1.54) is 0 Å². The van der Waals surface area contributed by atoms with Crippen LogP contribution in [0.3, 0.4) is 0 Å². The summed E-state index contributed by atoms with van der Waals surface area (Å²) in [6.45, 7) is 6.85. The number of halogens is 1. The minimum atomic E-state index is -0.825. The van der Waals surface area contributed by atoms with Crippen LogP contribution in [0.5, 0.6) is 11.5 Å². The number of aliphatic carboxylic acids is 1. The maximum absolute atomic E-state index is 10.9. The number of carboxylic acid groups (broad SMARTS) is 1. The van der Waals surface area contributed by atoms with E-state index in [4.69, 9.17) is 26.2 Å². The minimum Gasteiger partial charge on any atom is -0.489 e. The van der Waals surface area contributed by atoms with Crippen LogP contribution in [0.2, 0.25) is 5.02 Å². The predicted octanol–water partition coefficient (Wildman–Crippen LogP) is 3.40. The highest BCUT2D eigenvalue weighted by Gasteiger charge is 2.27. The number of ether oxygens (including phenoxy) is 2. The molecule has 1 aliphatic heterocycles. The number of hydrogen-bond acceptors (Lipinski definition) is 3. The van der Waals surface area contributed by atoms with Crippen molar-refractivity contribution in [3.63, 3.8) is 0 Å². The van der Waals surface area contributed by atoms with E-state index in [9.17, 15) is 4.79 Å². The van der Waals surface area contributed by atoms with Gasteiger partial charge in [-0.25, -0.2) is 0 Å². The van der Waals surface area contributed by atoms with Gasteiger partial charge in [0.25, 0.3) is 0 Å². The van der Waals surface area contributed by atoms with E-state index < -0.39 is 11.9 Å². The predicted molar refractivity (Wildman–Crippen MR) is 76.7 cm³/mol. The van der Waals surface area contributed by atoms with Gasteiger partial charge in [-0.15, -0.1) is 0 Å². The molecule has 110 valence electrons. The van der Waals surface area contributed by atoms with Crippen molar-refractivity contribution in [2.75, 3.05) is 13.2 Å². The molecule has 0 fully saturated rings. The van der Waals surface area contributed by atoms with E-state index in [0.717, 1.165) is 5.56 Å². The van der Waals surface area contributed by atoms with Gasteiger partial charge in [-0.3, -0.25) is 4.79 Å². The molecule has 0 aliphatic carbocycles. The number of rotatable bonds is 3. The first-order valence-electron chi connectivity index (χ1n) is 6.59. The zero-order chi connectivity index (χ0) is 14.9. The number of carbonyl (C=O) groups is 1. The molecule has 0 amide bonds. The fourth-order valence-corrected chi connectivity index (χ4v) is 2.30. The molecular formula is C15H19ClO4. The third-order valence-corrected chi connectivity index (χ3v) is 3.54. The van der Waals surface area contributed by atoms with Gasteiger partial charge in [0, 0.05) is 5.41 Å². The van der Waals surface area contributed by atoms with Crippen LogP contribution in [-0.4, -0.2) is 24.3 Å². The zero-order valence-electron chi connectivity index (χ0n) is 11.9. The summed E-state index contributed by atoms with van der Waals surface area (Å²) in [6, 6.07) is 3.57. The summed E-state index contributed by atoms with van der Waals surface area (Å²) < 4.78 is 11.5. The first-order valence-corrected chi connectivity index (χ1v) is 6.97. The van der Waals surface area contributed by atoms with E-state index in [2.05, 4.69) is 13.8 Å². The molecule has 1 atom stereocenters. The van der Waals surface area contributed by atoms with E-state index in [-0.39, 0.29) is 5.41 Å². The van der Waals surface area contributed by atoms with Gasteiger partial charge in [-0.2, -0.15) is 0 Å². The van der Waals surface area contributed by atoms with Gasteiger partial charge in [0.2, 0.25) is 0 Å². The molecule has 20 heavy (non-hydrogen) atoms. The van der Waals surface area contributed by atoms with E-state index in [1.54, 1.807) is 13.0 Å². The molecule has 2 rings (SSSR count). The Bertz CT molecular complexity index is 525. The smallest absolute Gasteiger partial charge is 0.306 e. The quantitative estimate of drug-likeness (QED) is 0.929. The van der Waals surface area contributed by atoms with Gasteiger partial charge in [-0.05, 0) is 24.1 Å². The second-order valence-electron chi connectivity index (χ2n) is 6.09. The third-order valence-electron chi connectivity index (χ3n) is 3.26. The Hall–Kier alpha value is -1.42. The number of fused-ring (bicyclic) bond motifs is 1. The van der Waals surface area contributed by atoms with Gasteiger partial charge in [0.15, 0.2) is 11.5 Å². The van der Waals surface area contributed by atoms with Crippen LogP contribution in [0, 0.1) is 11.3 Å². The lowest BCUT2D eigenvalue weighted by Crippen LogP contribution is -2.26. The number of hydrogen-bond donors (Lipinski definition) is 1. The number of benzene rings is 1. The van der Waals surface area contributed by atoms with Crippen LogP contribution < -0.4 is 9.47 Å². The average Bonchev–Trinajstić information content (AvgIpc) is 2.49. The van der Waals surface area contributed by atoms with Crippen LogP contribution in [0.1, 0.15) is 26.3 Å². The summed E-state index contributed by atoms with van der Waals surface area (Å²) in [7, 11) is 0. The molecule has 4 nitrogen and oxygen atoms in total. The summed E-state index contributed by atoms with van der Waals surface area (Å²) in [5.41, 5.74) is 0.753. The highest BCUT2D eigenvalue weighted by Crippen LogP contribution is 2.40. The summed E-state index contributed by atoms with van der Waals surface area (Å²) in [4.78, 5) is 10.9. The normalized spacial score (nSPS) is 18.2. The Morgan fingerprint density at radius 3 is 2.70 bits per heavy atom. The monoisotopic (exact) mass is 298 g/mol. The first kappa shape index (κ1) is 15.0. The van der Waals surface area contributed by atoms with Crippen molar-refractivity contribution in [1.82, 2.24) is 0 Å². The van der Waals surface area contributed by atoms with Crippen LogP contribution in [0.15, 0.2) is 12.1 Å². The van der Waals surface area contributed by atoms with Crippen LogP contribution in [0.4, 0.5) is 0 Å². The molecule has 0 saturated carbocycles. The van der Waals surface area contributed by atoms with E-state index in [0.29, 0.717) is 36.2 Å². The van der Waals surface area contributed by atoms with Crippen molar-refractivity contribution in [1.29, 1.82) is 0 Å². The first-order chi connectivity index (χ1) is 9.28. The van der Waals surface area contributed by atoms with Crippen LogP contribution in [-0.2, 0) is 11.2 Å². The Morgan fingerprint density at radius 1 is 1.40 bits per heavy atom. The van der Waals surface area contributed by atoms with Gasteiger partial charge in [-0.1, -0.05) is 32.4 Å². The van der Waals surface area contributed by atoms with E-state index in [1.807, 2.05) is 6.07 Å². The molecule has 0 bridgehead atoms. The molecule has 1 heterocycles. The Balaban J connectivity index is 2.27. The Labute approximate surface area is 123 Å². The molecule has 1 N–H and O–H groups in total. The van der Waals surface area contributed by atoms with Gasteiger partial charge in [0.05, 0.1) is 24.2 Å². The maximum Gasteiger partial charge on any atom is 0.306 e. The standard InChI is InChI=1S/C15H19ClO4/c1-9(14(17)18)4-10-5-11(16)13-12(6-10)19-7-15(2,3)8-20-13/h5-6,9H,4,7-8H2,1-3H3,(H,17,18). The minimum absolute atomic E-state index is 0.0864. The molecule has 5 heteroatoms. The third kappa shape index (κ3) is 3.37. The van der Waals surface area contributed by atoms with Gasteiger partial charge >= 0.3 is 5.97 Å². The van der Waals surface area contributed by atoms with Gasteiger partial charge in [0.1, 0.15) is 0 Å². The van der Waals surface area contributed by atoms with Crippen LogP contribution >= 0.6 is 11.6 Å². The van der Waals surface area contributed by atoms with E-state index >= 15 is 0 Å². The molecule has 0 saturated heterocycles. The van der Waals surface area contributed by atoms with Gasteiger partial charge < -0.3 is 14.6 Å². The van der Waals surface area contributed by atoms with Crippen LogP contribution in [0.25, 0.3) is 0 Å². The van der Waals surface area contributed by atoms with Crippen molar-refractivity contribution >= 4 is 17.6 Å². The molecular weight excluding hydrogens is 280 g/mol. The summed E-state index contributed by atoms with van der Waals surface area (Å²) >= 11 is 6.22. The lowest BCUT2D eigenvalue weighted by Gasteiger charge is -2.19. The highest BCUT2D eigenvalue weighted by molar-refractivity contribution is 6.32. The molecule has 1 unspecified atom stereocenters. The lowest BCUT2D eigenvalue weighted by molar-refractivity contribution is -0.141. The Morgan fingerprint density at radius 2 is 2.05 bits per heavy atom. The fourth-order valence-electron chi connectivity index (χ4n) is 2.01. The van der Waals surface area contributed by atoms with Crippen molar-refractivity contribution in [2.24, 2.45) is 11.3 Å². The maximum atomic E-state index is 10.9. The fraction of sp³-hybridized carbons (Fsp3) is 0.533. The molecule has 0 spiro atoms. The second kappa shape index (κ2) is 5.52. The molecule has 0 aromatic heterocycles. The van der Waals surface area contributed by atoms with Crippen molar-refractivity contribution in [3.8, 4) is 11.5 Å². The highest BCUT2D eigenvalue weighted by atomic mass is 35.5. The molecule has 1 aliphatic rings.